The molecular weight excluding hydrogens is 1490 g/mol. The third-order valence-electron chi connectivity index (χ3n) is 20.5. The topological polar surface area (TPSA) is 155 Å². The molecule has 0 radical (unpaired) electrons. The third-order valence-corrected chi connectivity index (χ3v) is 20.5. The second-order valence-electron chi connectivity index (χ2n) is 27.8. The Morgan fingerprint density at radius 2 is 0.368 bits per heavy atom. The van der Waals surface area contributed by atoms with Crippen LogP contribution in [-0.4, -0.2) is 59.8 Å². The fourth-order valence-corrected chi connectivity index (χ4v) is 15.1. The van der Waals surface area contributed by atoms with Gasteiger partial charge in [0, 0.05) is 113 Å². The molecule has 0 spiro atoms. The normalized spacial score (nSPS) is 11.6. The Morgan fingerprint density at radius 3 is 0.658 bits per heavy atom. The maximum atomic E-state index is 18.4. The van der Waals surface area contributed by atoms with Gasteiger partial charge in [-0.3, -0.25) is 0 Å². The molecule has 0 saturated carbocycles. The van der Waals surface area contributed by atoms with E-state index in [4.69, 9.17) is 59.8 Å². The lowest BCUT2D eigenvalue weighted by molar-refractivity contribution is 0.546. The van der Waals surface area contributed by atoms with Crippen molar-refractivity contribution in [2.24, 2.45) is 0 Å². The van der Waals surface area contributed by atoms with Crippen LogP contribution in [0, 0.1) is 52.4 Å². The second kappa shape index (κ2) is 28.6. The summed E-state index contributed by atoms with van der Waals surface area (Å²) in [5.74, 6) is -10.8. The molecule has 0 saturated heterocycles. The van der Waals surface area contributed by atoms with Gasteiger partial charge in [0.15, 0.2) is 34.9 Å². The second-order valence-corrected chi connectivity index (χ2v) is 27.8. The molecule has 0 amide bonds. The molecular formula is C96H49F9N12. The van der Waals surface area contributed by atoms with E-state index in [-0.39, 0.29) is 89.5 Å². The van der Waals surface area contributed by atoms with Gasteiger partial charge in [-0.05, 0) is 78.4 Å². The third kappa shape index (κ3) is 12.8. The highest BCUT2D eigenvalue weighted by molar-refractivity contribution is 6.01. The highest BCUT2D eigenvalue weighted by atomic mass is 19.2. The van der Waals surface area contributed by atoms with Crippen molar-refractivity contribution in [3.05, 3.63) is 350 Å². The Balaban J connectivity index is 0.730. The van der Waals surface area contributed by atoms with Crippen molar-refractivity contribution in [2.75, 3.05) is 0 Å². The Labute approximate surface area is 657 Å². The highest BCUT2D eigenvalue weighted by Crippen LogP contribution is 2.44. The Morgan fingerprint density at radius 1 is 0.154 bits per heavy atom. The summed E-state index contributed by atoms with van der Waals surface area (Å²) in [6.45, 7) is 0. The molecule has 0 fully saturated rings. The standard InChI is InChI=1S/C96H49F9N12/c97-60-45-68(99)81(69(100)46-60)88-65-26-10-16-32-77(65)109-94(115-88)57-42-58(95-110-78-33-17-11-27-66(78)89(116-95)82-70(101)47-61(98)48-71(82)102)44-59(43-57)96-111-79-34-18-12-28-67(79)90(117-96)83-73(104)49-72(103)80(84(83)105)50-35-37-53(38-36-50)87-64-25-9-15-31-76(64)108-93(114-87)56-40-54(91-106-74-29-13-7-23-62(74)85(112-91)51-19-3-1-4-20-51)39-55(41-56)92-107-75-30-14-8-24-63(75)86(113-92)52-21-5-2-6-22-52/h1-49H. The van der Waals surface area contributed by atoms with Crippen molar-refractivity contribution in [2.45, 2.75) is 0 Å². The van der Waals surface area contributed by atoms with Crippen LogP contribution in [0.5, 0.6) is 0 Å². The van der Waals surface area contributed by atoms with E-state index < -0.39 is 74.6 Å². The van der Waals surface area contributed by atoms with Gasteiger partial charge in [0.25, 0.3) is 0 Å². The van der Waals surface area contributed by atoms with Gasteiger partial charge in [0.1, 0.15) is 52.4 Å². The number of rotatable bonds is 13. The van der Waals surface area contributed by atoms with Crippen LogP contribution in [0.15, 0.2) is 297 Å². The van der Waals surface area contributed by atoms with Gasteiger partial charge in [-0.15, -0.1) is 0 Å². The van der Waals surface area contributed by atoms with Crippen molar-refractivity contribution in [1.82, 2.24) is 59.8 Å². The molecule has 6 heterocycles. The highest BCUT2D eigenvalue weighted by Gasteiger charge is 2.29. The van der Waals surface area contributed by atoms with Crippen molar-refractivity contribution >= 4 is 65.4 Å². The van der Waals surface area contributed by atoms with Crippen molar-refractivity contribution in [1.29, 1.82) is 0 Å². The zero-order valence-electron chi connectivity index (χ0n) is 60.6. The summed E-state index contributed by atoms with van der Waals surface area (Å²) >= 11 is 0. The number of benzene rings is 14. The average molecular weight is 1540 g/mol. The van der Waals surface area contributed by atoms with Crippen LogP contribution in [0.3, 0.4) is 0 Å². The van der Waals surface area contributed by atoms with Crippen LogP contribution >= 0.6 is 0 Å². The molecule has 0 unspecified atom stereocenters. The molecule has 556 valence electrons. The van der Waals surface area contributed by atoms with Gasteiger partial charge in [-0.2, -0.15) is 0 Å². The molecule has 20 aromatic rings. The van der Waals surface area contributed by atoms with Crippen LogP contribution in [0.25, 0.3) is 212 Å². The van der Waals surface area contributed by atoms with E-state index in [1.807, 2.05) is 152 Å². The van der Waals surface area contributed by atoms with Crippen molar-refractivity contribution < 1.29 is 39.5 Å². The molecule has 0 aliphatic rings. The molecule has 0 N–H and O–H groups in total. The molecule has 14 aromatic carbocycles. The number of nitrogens with zero attached hydrogens (tertiary/aromatic N) is 12. The predicted octanol–water partition coefficient (Wildman–Crippen LogP) is 24.3. The summed E-state index contributed by atoms with van der Waals surface area (Å²) in [7, 11) is 0. The zero-order valence-corrected chi connectivity index (χ0v) is 60.6. The van der Waals surface area contributed by atoms with Gasteiger partial charge in [-0.25, -0.2) is 99.3 Å². The van der Waals surface area contributed by atoms with E-state index in [1.54, 1.807) is 72.8 Å². The molecule has 21 heteroatoms. The Kier molecular flexibility index (Phi) is 17.3. The fraction of sp³-hybridized carbons (Fsp3) is 0. The zero-order chi connectivity index (χ0) is 79.3. The summed E-state index contributed by atoms with van der Waals surface area (Å²) in [6, 6.07) is 81.0. The minimum absolute atomic E-state index is 0.00248. The smallest absolute Gasteiger partial charge is 0.160 e. The summed E-state index contributed by atoms with van der Waals surface area (Å²) in [5, 5.41) is 2.84. The largest absolute Gasteiger partial charge is 0.228 e. The SMILES string of the molecule is Fc1cc(F)c(-c2nc(-c3cc(-c4nc(-c5c(F)cc(F)cc5F)c5ccccc5n4)cc(-c4nc(-c5c(F)cc(F)c(-c6ccc(-c7nc(-c8cc(-c9nc(-c%10ccccc%10)c%10ccccc%10n9)cc(-c9nc(-c%10ccccc%10)c%10ccccc%10n9)c8)nc8ccccc78)cc6)c5F)c5ccccc5n4)c3)nc3ccccc23)c(F)c1. The van der Waals surface area contributed by atoms with E-state index in [0.29, 0.717) is 97.7 Å². The molecule has 20 rings (SSSR count). The van der Waals surface area contributed by atoms with Gasteiger partial charge in [-0.1, -0.05) is 194 Å². The van der Waals surface area contributed by atoms with E-state index in [0.717, 1.165) is 33.3 Å². The van der Waals surface area contributed by atoms with Crippen molar-refractivity contribution in [3.63, 3.8) is 0 Å². The molecule has 0 aliphatic heterocycles. The number of hydrogen-bond acceptors (Lipinski definition) is 12. The minimum atomic E-state index is -1.33. The number of hydrogen-bond donors (Lipinski definition) is 0. The number of halogens is 9. The number of fused-ring (bicyclic) bond motifs is 6. The average Bonchev–Trinajstić information content (AvgIpc) is 0.747. The van der Waals surface area contributed by atoms with Crippen LogP contribution in [0.2, 0.25) is 0 Å². The molecule has 12 nitrogen and oxygen atoms in total. The summed E-state index contributed by atoms with van der Waals surface area (Å²) in [6.07, 6.45) is 0. The van der Waals surface area contributed by atoms with E-state index in [9.17, 15) is 8.78 Å². The summed E-state index contributed by atoms with van der Waals surface area (Å²) < 4.78 is 146. The predicted molar refractivity (Wildman–Crippen MR) is 435 cm³/mol. The van der Waals surface area contributed by atoms with Crippen LogP contribution in [0.4, 0.5) is 39.5 Å². The monoisotopic (exact) mass is 1540 g/mol. The molecule has 0 atom stereocenters. The molecule has 0 aliphatic carbocycles. The maximum absolute atomic E-state index is 18.4. The van der Waals surface area contributed by atoms with Crippen LogP contribution in [0.1, 0.15) is 0 Å². The van der Waals surface area contributed by atoms with Gasteiger partial charge in [0.2, 0.25) is 0 Å². The first kappa shape index (κ1) is 70.6. The number of aromatic nitrogens is 12. The summed E-state index contributed by atoms with van der Waals surface area (Å²) in [5.41, 5.74) is 5.04. The van der Waals surface area contributed by atoms with E-state index >= 15 is 30.7 Å². The first-order valence-electron chi connectivity index (χ1n) is 36.8. The van der Waals surface area contributed by atoms with Gasteiger partial charge >= 0.3 is 0 Å². The maximum Gasteiger partial charge on any atom is 0.160 e. The first-order valence-corrected chi connectivity index (χ1v) is 36.8. The van der Waals surface area contributed by atoms with E-state index in [1.165, 1.54) is 42.5 Å². The molecule has 117 heavy (non-hydrogen) atoms. The summed E-state index contributed by atoms with van der Waals surface area (Å²) in [4.78, 5) is 60.4. The van der Waals surface area contributed by atoms with Crippen LogP contribution in [-0.2, 0) is 0 Å². The first-order chi connectivity index (χ1) is 57.1. The quantitative estimate of drug-likeness (QED) is 0.101. The fourth-order valence-electron chi connectivity index (χ4n) is 15.1. The Hall–Kier alpha value is -15.5. The van der Waals surface area contributed by atoms with Crippen LogP contribution < -0.4 is 0 Å². The Bertz CT molecular complexity index is 7180. The lowest BCUT2D eigenvalue weighted by Crippen LogP contribution is -2.03. The van der Waals surface area contributed by atoms with Gasteiger partial charge < -0.3 is 0 Å². The minimum Gasteiger partial charge on any atom is -0.228 e. The molecule has 0 bridgehead atoms. The van der Waals surface area contributed by atoms with Gasteiger partial charge in [0.05, 0.1) is 89.5 Å². The number of para-hydroxylation sites is 6. The lowest BCUT2D eigenvalue weighted by atomic mass is 9.95. The van der Waals surface area contributed by atoms with E-state index in [2.05, 4.69) is 0 Å². The van der Waals surface area contributed by atoms with Crippen molar-refractivity contribution in [3.8, 4) is 147 Å². The lowest BCUT2D eigenvalue weighted by Gasteiger charge is -2.16. The molecule has 6 aromatic heterocycles.